The van der Waals surface area contributed by atoms with Crippen molar-refractivity contribution in [3.8, 4) is 0 Å². The molecule has 18 heavy (non-hydrogen) atoms. The van der Waals surface area contributed by atoms with Crippen molar-refractivity contribution in [1.82, 2.24) is 5.32 Å². The molecule has 3 N–H and O–H groups in total. The second kappa shape index (κ2) is 5.18. The summed E-state index contributed by atoms with van der Waals surface area (Å²) in [5, 5.41) is 14.0. The minimum Gasteiger partial charge on any atom is -0.480 e. The summed E-state index contributed by atoms with van der Waals surface area (Å²) in [7, 11) is 0. The average molecular weight is 268 g/mol. The van der Waals surface area contributed by atoms with Gasteiger partial charge in [-0.1, -0.05) is 0 Å². The second-order valence-corrected chi connectivity index (χ2v) is 5.09. The quantitative estimate of drug-likeness (QED) is 0.739. The fraction of sp³-hybridized carbons (Fsp3) is 0.364. The highest BCUT2D eigenvalue weighted by Gasteiger charge is 2.29. The van der Waals surface area contributed by atoms with Crippen LogP contribution in [0, 0.1) is 5.92 Å². The molecule has 0 aromatic carbocycles. The van der Waals surface area contributed by atoms with E-state index >= 15 is 0 Å². The number of carboxylic acids is 1. The van der Waals surface area contributed by atoms with Gasteiger partial charge in [-0.05, 0) is 25.0 Å². The third kappa shape index (κ3) is 3.30. The zero-order chi connectivity index (χ0) is 13.1. The zero-order valence-electron chi connectivity index (χ0n) is 9.43. The van der Waals surface area contributed by atoms with Crippen LogP contribution in [0.2, 0.25) is 0 Å². The monoisotopic (exact) mass is 268 g/mol. The summed E-state index contributed by atoms with van der Waals surface area (Å²) in [6.07, 6.45) is 1.84. The average Bonchev–Trinajstić information content (AvgIpc) is 3.07. The van der Waals surface area contributed by atoms with Gasteiger partial charge in [-0.15, -0.1) is 11.3 Å². The zero-order valence-corrected chi connectivity index (χ0v) is 10.3. The van der Waals surface area contributed by atoms with Gasteiger partial charge in [0.1, 0.15) is 6.54 Å². The fourth-order valence-electron chi connectivity index (χ4n) is 1.34. The normalized spacial score (nSPS) is 14.0. The molecule has 1 saturated carbocycles. The van der Waals surface area contributed by atoms with Gasteiger partial charge in [0.25, 0.3) is 5.91 Å². The highest BCUT2D eigenvalue weighted by atomic mass is 32.1. The number of carbonyl (C=O) groups excluding carboxylic acids is 2. The molecule has 0 atom stereocenters. The van der Waals surface area contributed by atoms with E-state index in [4.69, 9.17) is 5.11 Å². The second-order valence-electron chi connectivity index (χ2n) is 4.00. The number of anilines is 1. The summed E-state index contributed by atoms with van der Waals surface area (Å²) < 4.78 is 0. The van der Waals surface area contributed by atoms with Crippen LogP contribution in [0.5, 0.6) is 0 Å². The van der Waals surface area contributed by atoms with Crippen LogP contribution in [0.25, 0.3) is 0 Å². The first-order chi connectivity index (χ1) is 8.56. The topological polar surface area (TPSA) is 95.5 Å². The van der Waals surface area contributed by atoms with Crippen molar-refractivity contribution in [3.05, 3.63) is 17.0 Å². The number of aliphatic carboxylic acids is 1. The smallest absolute Gasteiger partial charge is 0.322 e. The number of hydrogen-bond acceptors (Lipinski definition) is 4. The molecule has 0 spiro atoms. The van der Waals surface area contributed by atoms with E-state index in [1.807, 2.05) is 0 Å². The number of amides is 2. The number of nitrogens with one attached hydrogen (secondary N) is 2. The van der Waals surface area contributed by atoms with Crippen LogP contribution in [-0.4, -0.2) is 29.4 Å². The van der Waals surface area contributed by atoms with Crippen LogP contribution in [0.1, 0.15) is 22.5 Å². The highest BCUT2D eigenvalue weighted by molar-refractivity contribution is 7.18. The Bertz CT molecular complexity index is 493. The largest absolute Gasteiger partial charge is 0.480 e. The van der Waals surface area contributed by atoms with Crippen molar-refractivity contribution in [2.24, 2.45) is 5.92 Å². The Kier molecular flexibility index (Phi) is 3.61. The summed E-state index contributed by atoms with van der Waals surface area (Å²) in [6.45, 7) is -0.416. The molecule has 0 radical (unpaired) electrons. The van der Waals surface area contributed by atoms with Gasteiger partial charge in [0.15, 0.2) is 0 Å². The lowest BCUT2D eigenvalue weighted by atomic mass is 10.4. The number of hydrogen-bond donors (Lipinski definition) is 3. The first-order valence-corrected chi connectivity index (χ1v) is 6.28. The van der Waals surface area contributed by atoms with Crippen LogP contribution in [0.4, 0.5) is 5.00 Å². The maximum Gasteiger partial charge on any atom is 0.322 e. The molecule has 1 fully saturated rings. The Balaban J connectivity index is 1.90. The van der Waals surface area contributed by atoms with E-state index in [2.05, 4.69) is 10.6 Å². The Morgan fingerprint density at radius 2 is 2.06 bits per heavy atom. The van der Waals surface area contributed by atoms with Gasteiger partial charge in [0.05, 0.1) is 9.88 Å². The molecule has 2 amide bonds. The molecular weight excluding hydrogens is 256 g/mol. The SMILES string of the molecule is O=C(O)CNC(=O)c1ccc(NC(=O)C2CC2)s1. The molecule has 7 heteroatoms. The molecular formula is C11H12N2O4S. The molecule has 0 bridgehead atoms. The summed E-state index contributed by atoms with van der Waals surface area (Å²) in [5.41, 5.74) is 0. The molecule has 2 rings (SSSR count). The Morgan fingerprint density at radius 1 is 1.33 bits per heavy atom. The van der Waals surface area contributed by atoms with Gasteiger partial charge in [-0.25, -0.2) is 0 Å². The van der Waals surface area contributed by atoms with Crippen LogP contribution >= 0.6 is 11.3 Å². The van der Waals surface area contributed by atoms with E-state index in [0.29, 0.717) is 9.88 Å². The van der Waals surface area contributed by atoms with Crippen molar-refractivity contribution in [2.45, 2.75) is 12.8 Å². The van der Waals surface area contributed by atoms with E-state index in [-0.39, 0.29) is 11.8 Å². The third-order valence-corrected chi connectivity index (χ3v) is 3.42. The van der Waals surface area contributed by atoms with Crippen LogP contribution in [0.3, 0.4) is 0 Å². The van der Waals surface area contributed by atoms with Crippen LogP contribution in [0.15, 0.2) is 12.1 Å². The van der Waals surface area contributed by atoms with E-state index < -0.39 is 18.4 Å². The van der Waals surface area contributed by atoms with Crippen molar-refractivity contribution in [3.63, 3.8) is 0 Å². The predicted octanol–water partition coefficient (Wildman–Crippen LogP) is 0.911. The molecule has 96 valence electrons. The molecule has 0 unspecified atom stereocenters. The van der Waals surface area contributed by atoms with Gasteiger partial charge < -0.3 is 15.7 Å². The number of carboxylic acid groups (broad SMARTS) is 1. The minimum atomic E-state index is -1.10. The first kappa shape index (κ1) is 12.6. The van der Waals surface area contributed by atoms with E-state index in [0.717, 1.165) is 24.2 Å². The molecule has 6 nitrogen and oxygen atoms in total. The Morgan fingerprint density at radius 3 is 2.67 bits per heavy atom. The lowest BCUT2D eigenvalue weighted by Gasteiger charge is -2.00. The summed E-state index contributed by atoms with van der Waals surface area (Å²) in [6, 6.07) is 3.20. The maximum atomic E-state index is 11.5. The predicted molar refractivity (Wildman–Crippen MR) is 65.6 cm³/mol. The van der Waals surface area contributed by atoms with Gasteiger partial charge in [0, 0.05) is 5.92 Å². The van der Waals surface area contributed by atoms with Crippen molar-refractivity contribution in [1.29, 1.82) is 0 Å². The number of carbonyl (C=O) groups is 3. The van der Waals surface area contributed by atoms with Crippen molar-refractivity contribution >= 4 is 34.1 Å². The third-order valence-electron chi connectivity index (χ3n) is 2.42. The van der Waals surface area contributed by atoms with E-state index in [1.54, 1.807) is 12.1 Å². The summed E-state index contributed by atoms with van der Waals surface area (Å²) in [5.74, 6) is -1.46. The molecule has 1 aromatic rings. The molecule has 1 aliphatic carbocycles. The Hall–Kier alpha value is -1.89. The van der Waals surface area contributed by atoms with Gasteiger partial charge in [-0.3, -0.25) is 14.4 Å². The van der Waals surface area contributed by atoms with Crippen LogP contribution in [-0.2, 0) is 9.59 Å². The number of thiophene rings is 1. The maximum absolute atomic E-state index is 11.5. The van der Waals surface area contributed by atoms with Crippen LogP contribution < -0.4 is 10.6 Å². The summed E-state index contributed by atoms with van der Waals surface area (Å²) >= 11 is 1.13. The highest BCUT2D eigenvalue weighted by Crippen LogP contribution is 2.31. The minimum absolute atomic E-state index is 0.0191. The fourth-order valence-corrected chi connectivity index (χ4v) is 2.16. The number of rotatable bonds is 5. The van der Waals surface area contributed by atoms with E-state index in [1.165, 1.54) is 0 Å². The Labute approximate surface area is 107 Å². The molecule has 1 heterocycles. The van der Waals surface area contributed by atoms with Crippen molar-refractivity contribution in [2.75, 3.05) is 11.9 Å². The molecule has 1 aliphatic rings. The molecule has 1 aromatic heterocycles. The molecule has 0 saturated heterocycles. The van der Waals surface area contributed by atoms with E-state index in [9.17, 15) is 14.4 Å². The first-order valence-electron chi connectivity index (χ1n) is 5.47. The molecule has 0 aliphatic heterocycles. The standard InChI is InChI=1S/C11H12N2O4S/c14-9(15)5-12-11(17)7-3-4-8(18-7)13-10(16)6-1-2-6/h3-4,6H,1-2,5H2,(H,12,17)(H,13,16)(H,14,15). The van der Waals surface area contributed by atoms with Crippen molar-refractivity contribution < 1.29 is 19.5 Å². The van der Waals surface area contributed by atoms with Gasteiger partial charge >= 0.3 is 5.97 Å². The summed E-state index contributed by atoms with van der Waals surface area (Å²) in [4.78, 5) is 33.7. The van der Waals surface area contributed by atoms with Gasteiger partial charge in [0.2, 0.25) is 5.91 Å². The lowest BCUT2D eigenvalue weighted by Crippen LogP contribution is -2.28. The van der Waals surface area contributed by atoms with Gasteiger partial charge in [-0.2, -0.15) is 0 Å². The lowest BCUT2D eigenvalue weighted by molar-refractivity contribution is -0.135.